The molecule has 2 rings (SSSR count). The first kappa shape index (κ1) is 17.2. The lowest BCUT2D eigenvalue weighted by Crippen LogP contribution is -2.41. The van der Waals surface area contributed by atoms with Crippen molar-refractivity contribution in [2.75, 3.05) is 7.11 Å². The molecule has 5 nitrogen and oxygen atoms in total. The van der Waals surface area contributed by atoms with E-state index in [2.05, 4.69) is 0 Å². The zero-order chi connectivity index (χ0) is 17.4. The number of Topliss-reactive ketones (excluding diaryl/α,β-unsaturated/α-hetero) is 1. The van der Waals surface area contributed by atoms with Gasteiger partial charge in [0.15, 0.2) is 11.7 Å². The van der Waals surface area contributed by atoms with E-state index in [1.165, 1.54) is 7.11 Å². The van der Waals surface area contributed by atoms with Crippen molar-refractivity contribution >= 4 is 17.7 Å². The second-order valence-corrected chi connectivity index (χ2v) is 6.57. The molecule has 0 spiro atoms. The average molecular weight is 318 g/mol. The Kier molecular flexibility index (Phi) is 4.59. The van der Waals surface area contributed by atoms with E-state index in [-0.39, 0.29) is 5.78 Å². The predicted molar refractivity (Wildman–Crippen MR) is 83.8 cm³/mol. The molecular formula is C18H22O5. The van der Waals surface area contributed by atoms with E-state index >= 15 is 0 Å². The number of cyclic esters (lactones) is 1. The van der Waals surface area contributed by atoms with Gasteiger partial charge in [-0.25, -0.2) is 0 Å². The van der Waals surface area contributed by atoms with Crippen molar-refractivity contribution in [2.24, 2.45) is 17.8 Å². The van der Waals surface area contributed by atoms with Crippen molar-refractivity contribution < 1.29 is 23.9 Å². The van der Waals surface area contributed by atoms with Crippen LogP contribution in [0.1, 0.15) is 36.7 Å². The summed E-state index contributed by atoms with van der Waals surface area (Å²) in [7, 11) is 1.23. The number of hydrogen-bond acceptors (Lipinski definition) is 5. The van der Waals surface area contributed by atoms with Crippen molar-refractivity contribution in [2.45, 2.75) is 33.3 Å². The standard InChI is InChI=1S/C18H22O5/c1-10-6-8-12(9-7-10)15(19)11(2)14-13(16(20)22-5)17(21)23-18(14,3)4/h6-9,11,13-14H,1-5H3/t11-,13-,14+/m1/s1. The fraction of sp³-hybridized carbons (Fsp3) is 0.500. The number of methoxy groups -OCH3 is 1. The van der Waals surface area contributed by atoms with Crippen LogP contribution in [0, 0.1) is 24.7 Å². The Bertz CT molecular complexity index is 629. The van der Waals surface area contributed by atoms with Gasteiger partial charge < -0.3 is 9.47 Å². The van der Waals surface area contributed by atoms with Crippen LogP contribution in [-0.2, 0) is 19.1 Å². The zero-order valence-electron chi connectivity index (χ0n) is 14.1. The molecule has 3 atom stereocenters. The van der Waals surface area contributed by atoms with Crippen molar-refractivity contribution in [1.82, 2.24) is 0 Å². The summed E-state index contributed by atoms with van der Waals surface area (Å²) in [5, 5.41) is 0. The van der Waals surface area contributed by atoms with E-state index in [9.17, 15) is 14.4 Å². The summed E-state index contributed by atoms with van der Waals surface area (Å²) in [6.07, 6.45) is 0. The van der Waals surface area contributed by atoms with Crippen LogP contribution in [0.4, 0.5) is 0 Å². The first-order chi connectivity index (χ1) is 10.7. The van der Waals surface area contributed by atoms with Crippen molar-refractivity contribution in [3.8, 4) is 0 Å². The minimum atomic E-state index is -1.07. The van der Waals surface area contributed by atoms with Crippen LogP contribution in [-0.4, -0.2) is 30.4 Å². The molecule has 1 saturated heterocycles. The smallest absolute Gasteiger partial charge is 0.321 e. The first-order valence-corrected chi connectivity index (χ1v) is 7.60. The molecule has 1 aromatic rings. The molecule has 5 heteroatoms. The third-order valence-corrected chi connectivity index (χ3v) is 4.52. The summed E-state index contributed by atoms with van der Waals surface area (Å²) >= 11 is 0. The van der Waals surface area contributed by atoms with Gasteiger partial charge in [0.2, 0.25) is 0 Å². The normalized spacial score (nSPS) is 24.0. The Balaban J connectivity index is 2.35. The minimum Gasteiger partial charge on any atom is -0.468 e. The van der Waals surface area contributed by atoms with E-state index < -0.39 is 35.3 Å². The molecule has 1 heterocycles. The largest absolute Gasteiger partial charge is 0.468 e. The maximum atomic E-state index is 12.8. The first-order valence-electron chi connectivity index (χ1n) is 7.60. The van der Waals surface area contributed by atoms with E-state index in [0.29, 0.717) is 5.56 Å². The Morgan fingerprint density at radius 2 is 1.78 bits per heavy atom. The zero-order valence-corrected chi connectivity index (χ0v) is 14.1. The number of ketones is 1. The van der Waals surface area contributed by atoms with Crippen LogP contribution in [0.5, 0.6) is 0 Å². The fourth-order valence-corrected chi connectivity index (χ4v) is 3.34. The van der Waals surface area contributed by atoms with Gasteiger partial charge in [0, 0.05) is 17.4 Å². The van der Waals surface area contributed by atoms with Gasteiger partial charge in [-0.15, -0.1) is 0 Å². The van der Waals surface area contributed by atoms with E-state index in [0.717, 1.165) is 5.56 Å². The number of carbonyl (C=O) groups is 3. The number of esters is 2. The van der Waals surface area contributed by atoms with Gasteiger partial charge in [0.25, 0.3) is 0 Å². The highest BCUT2D eigenvalue weighted by Gasteiger charge is 2.57. The summed E-state index contributed by atoms with van der Waals surface area (Å²) in [6.45, 7) is 7.11. The van der Waals surface area contributed by atoms with Gasteiger partial charge in [-0.2, -0.15) is 0 Å². The maximum absolute atomic E-state index is 12.8. The van der Waals surface area contributed by atoms with Crippen molar-refractivity contribution in [3.05, 3.63) is 35.4 Å². The van der Waals surface area contributed by atoms with E-state index in [4.69, 9.17) is 9.47 Å². The summed E-state index contributed by atoms with van der Waals surface area (Å²) < 4.78 is 10.1. The number of rotatable bonds is 4. The number of aryl methyl sites for hydroxylation is 1. The number of hydrogen-bond donors (Lipinski definition) is 0. The lowest BCUT2D eigenvalue weighted by molar-refractivity contribution is -0.156. The number of ether oxygens (including phenoxy) is 2. The highest BCUT2D eigenvalue weighted by Crippen LogP contribution is 2.43. The number of carbonyl (C=O) groups excluding carboxylic acids is 3. The van der Waals surface area contributed by atoms with Crippen LogP contribution in [0.2, 0.25) is 0 Å². The van der Waals surface area contributed by atoms with Crippen LogP contribution < -0.4 is 0 Å². The summed E-state index contributed by atoms with van der Waals surface area (Å²) in [4.78, 5) is 36.8. The van der Waals surface area contributed by atoms with Crippen LogP contribution >= 0.6 is 0 Å². The Morgan fingerprint density at radius 1 is 1.22 bits per heavy atom. The Hall–Kier alpha value is -2.17. The van der Waals surface area contributed by atoms with Crippen LogP contribution in [0.3, 0.4) is 0 Å². The third-order valence-electron chi connectivity index (χ3n) is 4.52. The van der Waals surface area contributed by atoms with Crippen molar-refractivity contribution in [1.29, 1.82) is 0 Å². The molecule has 1 aliphatic rings. The number of benzene rings is 1. The topological polar surface area (TPSA) is 69.7 Å². The summed E-state index contributed by atoms with van der Waals surface area (Å²) in [6, 6.07) is 7.23. The monoisotopic (exact) mass is 318 g/mol. The quantitative estimate of drug-likeness (QED) is 0.485. The lowest BCUT2D eigenvalue weighted by Gasteiger charge is -2.30. The Morgan fingerprint density at radius 3 is 2.30 bits per heavy atom. The average Bonchev–Trinajstić information content (AvgIpc) is 2.74. The minimum absolute atomic E-state index is 0.115. The summed E-state index contributed by atoms with van der Waals surface area (Å²) in [5.74, 6) is -3.60. The molecule has 0 radical (unpaired) electrons. The van der Waals surface area contributed by atoms with Gasteiger partial charge in [-0.1, -0.05) is 36.8 Å². The molecule has 124 valence electrons. The second-order valence-electron chi connectivity index (χ2n) is 6.57. The molecule has 1 aliphatic heterocycles. The third kappa shape index (κ3) is 3.14. The fourth-order valence-electron chi connectivity index (χ4n) is 3.34. The maximum Gasteiger partial charge on any atom is 0.321 e. The van der Waals surface area contributed by atoms with Gasteiger partial charge >= 0.3 is 11.9 Å². The Labute approximate surface area is 136 Å². The molecule has 0 aliphatic carbocycles. The molecule has 1 aromatic carbocycles. The second kappa shape index (κ2) is 6.14. The molecule has 1 fully saturated rings. The van der Waals surface area contributed by atoms with Crippen molar-refractivity contribution in [3.63, 3.8) is 0 Å². The molecule has 0 unspecified atom stereocenters. The van der Waals surface area contributed by atoms with Crippen LogP contribution in [0.25, 0.3) is 0 Å². The molecule has 0 aromatic heterocycles. The lowest BCUT2D eigenvalue weighted by atomic mass is 9.72. The highest BCUT2D eigenvalue weighted by atomic mass is 16.6. The molecule has 0 saturated carbocycles. The molecule has 0 amide bonds. The van der Waals surface area contributed by atoms with Gasteiger partial charge in [-0.3, -0.25) is 14.4 Å². The molecule has 23 heavy (non-hydrogen) atoms. The van der Waals surface area contributed by atoms with Gasteiger partial charge in [-0.05, 0) is 20.8 Å². The van der Waals surface area contributed by atoms with E-state index in [1.807, 2.05) is 19.1 Å². The van der Waals surface area contributed by atoms with E-state index in [1.54, 1.807) is 32.9 Å². The van der Waals surface area contributed by atoms with Crippen LogP contribution in [0.15, 0.2) is 24.3 Å². The van der Waals surface area contributed by atoms with Gasteiger partial charge in [0.1, 0.15) is 5.60 Å². The molecule has 0 bridgehead atoms. The molecule has 0 N–H and O–H groups in total. The highest BCUT2D eigenvalue weighted by molar-refractivity contribution is 6.01. The predicted octanol–water partition coefficient (Wildman–Crippen LogP) is 2.55. The van der Waals surface area contributed by atoms with Gasteiger partial charge in [0.05, 0.1) is 7.11 Å². The molecular weight excluding hydrogens is 296 g/mol. The summed E-state index contributed by atoms with van der Waals surface area (Å²) in [5.41, 5.74) is 0.707. The SMILES string of the molecule is COC(=O)[C@@H]1C(=O)OC(C)(C)[C@H]1[C@@H](C)C(=O)c1ccc(C)cc1.